The molecule has 1 aromatic carbocycles. The number of aromatic nitrogens is 1. The minimum Gasteiger partial charge on any atom is -0.330 e. The van der Waals surface area contributed by atoms with Crippen LogP contribution in [0.25, 0.3) is 10.8 Å². The number of nitrogens with zero attached hydrogens (tertiary/aromatic N) is 1. The van der Waals surface area contributed by atoms with Gasteiger partial charge < -0.3 is 5.73 Å². The van der Waals surface area contributed by atoms with Crippen molar-refractivity contribution < 1.29 is 0 Å². The molecule has 0 aliphatic heterocycles. The summed E-state index contributed by atoms with van der Waals surface area (Å²) < 4.78 is 0. The van der Waals surface area contributed by atoms with Gasteiger partial charge in [0.25, 0.3) is 0 Å². The zero-order chi connectivity index (χ0) is 13.2. The fraction of sp³-hybridized carbons (Fsp3) is 0.471. The summed E-state index contributed by atoms with van der Waals surface area (Å²) in [4.78, 5) is 4.23. The van der Waals surface area contributed by atoms with E-state index in [1.54, 1.807) is 0 Å². The molecule has 3 atom stereocenters. The Bertz CT molecular complexity index is 559. The Hall–Kier alpha value is -1.41. The zero-order valence-corrected chi connectivity index (χ0v) is 11.5. The van der Waals surface area contributed by atoms with Crippen molar-refractivity contribution in [1.29, 1.82) is 0 Å². The third kappa shape index (κ3) is 2.37. The van der Waals surface area contributed by atoms with Crippen LogP contribution >= 0.6 is 0 Å². The van der Waals surface area contributed by atoms with Crippen LogP contribution in [0.2, 0.25) is 0 Å². The van der Waals surface area contributed by atoms with Crippen molar-refractivity contribution >= 4 is 10.8 Å². The summed E-state index contributed by atoms with van der Waals surface area (Å²) in [5.41, 5.74) is 7.48. The van der Waals surface area contributed by atoms with Gasteiger partial charge in [-0.3, -0.25) is 4.98 Å². The number of hydrogen-bond acceptors (Lipinski definition) is 2. The van der Waals surface area contributed by atoms with Crippen LogP contribution in [0, 0.1) is 11.8 Å². The summed E-state index contributed by atoms with van der Waals surface area (Å²) in [6, 6.07) is 8.74. The lowest BCUT2D eigenvalue weighted by Gasteiger charge is -2.35. The first-order chi connectivity index (χ1) is 9.29. The van der Waals surface area contributed by atoms with E-state index in [0.29, 0.717) is 11.8 Å². The first-order valence-corrected chi connectivity index (χ1v) is 7.32. The van der Waals surface area contributed by atoms with Crippen molar-refractivity contribution in [2.45, 2.75) is 32.1 Å². The van der Waals surface area contributed by atoms with E-state index >= 15 is 0 Å². The molecule has 19 heavy (non-hydrogen) atoms. The molecule has 2 nitrogen and oxygen atoms in total. The molecular formula is C17H22N2. The third-order valence-electron chi connectivity index (χ3n) is 4.67. The van der Waals surface area contributed by atoms with Crippen LogP contribution in [0.15, 0.2) is 36.7 Å². The molecule has 3 unspecified atom stereocenters. The van der Waals surface area contributed by atoms with E-state index in [1.807, 2.05) is 12.4 Å². The molecule has 1 aliphatic rings. The molecule has 0 saturated heterocycles. The molecule has 2 N–H and O–H groups in total. The molecule has 1 aromatic heterocycles. The molecular weight excluding hydrogens is 232 g/mol. The number of pyridine rings is 1. The highest BCUT2D eigenvalue weighted by molar-refractivity contribution is 5.85. The molecule has 1 saturated carbocycles. The van der Waals surface area contributed by atoms with E-state index < -0.39 is 0 Å². The zero-order valence-electron chi connectivity index (χ0n) is 11.5. The number of benzene rings is 1. The van der Waals surface area contributed by atoms with Crippen LogP contribution in [-0.2, 0) is 0 Å². The van der Waals surface area contributed by atoms with Crippen molar-refractivity contribution in [3.63, 3.8) is 0 Å². The minimum absolute atomic E-state index is 0.611. The Kier molecular flexibility index (Phi) is 3.52. The molecule has 0 radical (unpaired) electrons. The normalized spacial score (nSPS) is 27.6. The highest BCUT2D eigenvalue weighted by atomic mass is 14.6. The summed E-state index contributed by atoms with van der Waals surface area (Å²) in [7, 11) is 0. The maximum atomic E-state index is 6.01. The lowest BCUT2D eigenvalue weighted by atomic mass is 9.71. The van der Waals surface area contributed by atoms with Crippen molar-refractivity contribution in [2.75, 3.05) is 6.54 Å². The lowest BCUT2D eigenvalue weighted by Crippen LogP contribution is -2.28. The molecule has 1 fully saturated rings. The van der Waals surface area contributed by atoms with Crippen molar-refractivity contribution in [2.24, 2.45) is 17.6 Å². The van der Waals surface area contributed by atoms with Gasteiger partial charge in [0.05, 0.1) is 0 Å². The van der Waals surface area contributed by atoms with Crippen molar-refractivity contribution in [3.05, 3.63) is 42.2 Å². The second kappa shape index (κ2) is 5.30. The standard InChI is InChI=1S/C17H22N2/c1-12-5-6-13(10-18)17(9-12)16-4-2-3-14-11-19-8-7-15(14)16/h2-4,7-8,11-13,17H,5-6,9-10,18H2,1H3. The Morgan fingerprint density at radius 1 is 1.26 bits per heavy atom. The highest BCUT2D eigenvalue weighted by Crippen LogP contribution is 2.42. The molecule has 1 heterocycles. The van der Waals surface area contributed by atoms with E-state index in [1.165, 1.54) is 35.6 Å². The Labute approximate surface area is 115 Å². The van der Waals surface area contributed by atoms with Gasteiger partial charge in [-0.2, -0.15) is 0 Å². The topological polar surface area (TPSA) is 38.9 Å². The predicted molar refractivity (Wildman–Crippen MR) is 80.0 cm³/mol. The molecule has 3 rings (SSSR count). The maximum Gasteiger partial charge on any atom is 0.0346 e. The van der Waals surface area contributed by atoms with Gasteiger partial charge in [-0.1, -0.05) is 31.5 Å². The molecule has 0 bridgehead atoms. The molecule has 100 valence electrons. The Morgan fingerprint density at radius 2 is 2.16 bits per heavy atom. The Morgan fingerprint density at radius 3 is 3.00 bits per heavy atom. The minimum atomic E-state index is 0.611. The summed E-state index contributed by atoms with van der Waals surface area (Å²) in [5, 5.41) is 2.60. The molecule has 2 heteroatoms. The molecule has 1 aliphatic carbocycles. The highest BCUT2D eigenvalue weighted by Gasteiger charge is 2.29. The monoisotopic (exact) mass is 254 g/mol. The largest absolute Gasteiger partial charge is 0.330 e. The van der Waals surface area contributed by atoms with Crippen LogP contribution in [0.5, 0.6) is 0 Å². The lowest BCUT2D eigenvalue weighted by molar-refractivity contribution is 0.255. The quantitative estimate of drug-likeness (QED) is 0.887. The number of rotatable bonds is 2. The van der Waals surface area contributed by atoms with Gasteiger partial charge in [0.15, 0.2) is 0 Å². The third-order valence-corrected chi connectivity index (χ3v) is 4.67. The fourth-order valence-corrected chi connectivity index (χ4v) is 3.58. The van der Waals surface area contributed by atoms with Gasteiger partial charge in [0.2, 0.25) is 0 Å². The van der Waals surface area contributed by atoms with Crippen LogP contribution in [-0.4, -0.2) is 11.5 Å². The van der Waals surface area contributed by atoms with Gasteiger partial charge in [-0.15, -0.1) is 0 Å². The van der Waals surface area contributed by atoms with E-state index in [0.717, 1.165) is 12.5 Å². The second-order valence-corrected chi connectivity index (χ2v) is 5.96. The van der Waals surface area contributed by atoms with Gasteiger partial charge in [0, 0.05) is 17.8 Å². The first-order valence-electron chi connectivity index (χ1n) is 7.32. The molecule has 2 aromatic rings. The van der Waals surface area contributed by atoms with Crippen LogP contribution < -0.4 is 5.73 Å². The number of hydrogen-bond donors (Lipinski definition) is 1. The Balaban J connectivity index is 2.06. The van der Waals surface area contributed by atoms with Crippen LogP contribution in [0.1, 0.15) is 37.7 Å². The average Bonchev–Trinajstić information content (AvgIpc) is 2.46. The van der Waals surface area contributed by atoms with E-state index in [-0.39, 0.29) is 0 Å². The summed E-state index contributed by atoms with van der Waals surface area (Å²) >= 11 is 0. The summed E-state index contributed by atoms with van der Waals surface area (Å²) in [6.45, 7) is 3.17. The van der Waals surface area contributed by atoms with E-state index in [4.69, 9.17) is 5.73 Å². The summed E-state index contributed by atoms with van der Waals surface area (Å²) in [5.74, 6) is 2.06. The molecule has 0 amide bonds. The second-order valence-electron chi connectivity index (χ2n) is 5.96. The van der Waals surface area contributed by atoms with Gasteiger partial charge in [0.1, 0.15) is 0 Å². The number of nitrogens with two attached hydrogens (primary N) is 1. The van der Waals surface area contributed by atoms with Crippen LogP contribution in [0.3, 0.4) is 0 Å². The summed E-state index contributed by atoms with van der Waals surface area (Å²) in [6.07, 6.45) is 7.72. The first kappa shape index (κ1) is 12.6. The number of fused-ring (bicyclic) bond motifs is 1. The average molecular weight is 254 g/mol. The predicted octanol–water partition coefficient (Wildman–Crippen LogP) is 3.71. The van der Waals surface area contributed by atoms with Crippen molar-refractivity contribution in [3.8, 4) is 0 Å². The van der Waals surface area contributed by atoms with Crippen molar-refractivity contribution in [1.82, 2.24) is 4.98 Å². The van der Waals surface area contributed by atoms with Gasteiger partial charge in [-0.05, 0) is 54.2 Å². The van der Waals surface area contributed by atoms with E-state index in [9.17, 15) is 0 Å². The van der Waals surface area contributed by atoms with Crippen LogP contribution in [0.4, 0.5) is 0 Å². The fourth-order valence-electron chi connectivity index (χ4n) is 3.58. The maximum absolute atomic E-state index is 6.01. The SMILES string of the molecule is CC1CCC(CN)C(c2cccc3cnccc23)C1. The molecule has 0 spiro atoms. The van der Waals surface area contributed by atoms with E-state index in [2.05, 4.69) is 36.2 Å². The van der Waals surface area contributed by atoms with Gasteiger partial charge >= 0.3 is 0 Å². The smallest absolute Gasteiger partial charge is 0.0346 e. The van der Waals surface area contributed by atoms with Gasteiger partial charge in [-0.25, -0.2) is 0 Å².